The number of amides is 3. The molecule has 8 nitrogen and oxygen atoms in total. The van der Waals surface area contributed by atoms with E-state index in [0.29, 0.717) is 18.7 Å². The molecule has 42 heavy (non-hydrogen) atoms. The van der Waals surface area contributed by atoms with Gasteiger partial charge in [0.05, 0.1) is 0 Å². The van der Waals surface area contributed by atoms with Gasteiger partial charge in [0, 0.05) is 19.5 Å². The van der Waals surface area contributed by atoms with Gasteiger partial charge in [0.2, 0.25) is 11.8 Å². The molecule has 232 valence electrons. The van der Waals surface area contributed by atoms with E-state index in [1.165, 1.54) is 0 Å². The molecule has 0 heterocycles. The zero-order valence-corrected chi connectivity index (χ0v) is 26.2. The number of unbranched alkanes of at least 4 members (excludes halogenated alkanes) is 6. The van der Waals surface area contributed by atoms with E-state index in [-0.39, 0.29) is 24.0 Å². The first-order valence-electron chi connectivity index (χ1n) is 15.5. The summed E-state index contributed by atoms with van der Waals surface area (Å²) in [5.41, 5.74) is 0.721. The highest BCUT2D eigenvalue weighted by atomic mass is 16.6. The van der Waals surface area contributed by atoms with Crippen molar-refractivity contribution in [2.75, 3.05) is 13.1 Å². The molecule has 0 fully saturated rings. The number of ether oxygens (including phenoxy) is 1. The van der Waals surface area contributed by atoms with Crippen molar-refractivity contribution in [1.82, 2.24) is 15.5 Å². The maximum atomic E-state index is 14.5. The predicted molar refractivity (Wildman–Crippen MR) is 167 cm³/mol. The molecule has 2 atom stereocenters. The van der Waals surface area contributed by atoms with Crippen LogP contribution in [0.15, 0.2) is 54.6 Å². The third-order valence-electron chi connectivity index (χ3n) is 6.91. The van der Waals surface area contributed by atoms with Crippen molar-refractivity contribution in [1.29, 1.82) is 0 Å². The van der Waals surface area contributed by atoms with Crippen molar-refractivity contribution in [3.63, 3.8) is 0 Å². The summed E-state index contributed by atoms with van der Waals surface area (Å²) >= 11 is 0. The molecule has 2 unspecified atom stereocenters. The molecule has 3 N–H and O–H groups in total. The van der Waals surface area contributed by atoms with E-state index in [1.807, 2.05) is 30.3 Å². The number of nitrogens with one attached hydrogen (secondary N) is 2. The normalized spacial score (nSPS) is 12.7. The van der Waals surface area contributed by atoms with Crippen molar-refractivity contribution in [2.24, 2.45) is 0 Å². The fraction of sp³-hybridized carbons (Fsp3) is 0.559. The summed E-state index contributed by atoms with van der Waals surface area (Å²) in [5, 5.41) is 15.6. The van der Waals surface area contributed by atoms with Crippen LogP contribution >= 0.6 is 0 Å². The molecule has 0 saturated heterocycles. The van der Waals surface area contributed by atoms with Crippen LogP contribution in [0.25, 0.3) is 0 Å². The number of phenols is 1. The molecular formula is C34H51N3O5. The summed E-state index contributed by atoms with van der Waals surface area (Å²) < 4.78 is 5.51. The summed E-state index contributed by atoms with van der Waals surface area (Å²) in [6.45, 7) is 10.5. The van der Waals surface area contributed by atoms with Crippen molar-refractivity contribution in [3.05, 3.63) is 65.7 Å². The fourth-order valence-corrected chi connectivity index (χ4v) is 4.76. The third kappa shape index (κ3) is 12.5. The van der Waals surface area contributed by atoms with Gasteiger partial charge in [-0.15, -0.1) is 0 Å². The monoisotopic (exact) mass is 581 g/mol. The number of hydrogen-bond acceptors (Lipinski definition) is 5. The van der Waals surface area contributed by atoms with Crippen LogP contribution in [0.1, 0.15) is 103 Å². The van der Waals surface area contributed by atoms with E-state index >= 15 is 0 Å². The third-order valence-corrected chi connectivity index (χ3v) is 6.91. The lowest BCUT2D eigenvalue weighted by Gasteiger charge is -2.34. The minimum atomic E-state index is -0.987. The van der Waals surface area contributed by atoms with Gasteiger partial charge in [-0.1, -0.05) is 94.8 Å². The molecule has 0 aromatic heterocycles. The Labute approximate surface area is 252 Å². The molecule has 0 radical (unpaired) electrons. The molecule has 0 spiro atoms. The van der Waals surface area contributed by atoms with Crippen molar-refractivity contribution in [3.8, 4) is 5.75 Å². The summed E-state index contributed by atoms with van der Waals surface area (Å²) in [4.78, 5) is 42.8. The van der Waals surface area contributed by atoms with Crippen LogP contribution < -0.4 is 10.6 Å². The highest BCUT2D eigenvalue weighted by Crippen LogP contribution is 2.25. The van der Waals surface area contributed by atoms with Gasteiger partial charge < -0.3 is 25.4 Å². The largest absolute Gasteiger partial charge is 0.508 e. The first-order valence-corrected chi connectivity index (χ1v) is 15.5. The lowest BCUT2D eigenvalue weighted by molar-refractivity contribution is -0.142. The Morgan fingerprint density at radius 1 is 0.857 bits per heavy atom. The number of benzene rings is 2. The number of rotatable bonds is 17. The van der Waals surface area contributed by atoms with Gasteiger partial charge >= 0.3 is 6.09 Å². The molecular weight excluding hydrogens is 530 g/mol. The number of carbonyl (C=O) groups is 3. The number of aromatic hydroxyl groups is 1. The number of hydrogen-bond donors (Lipinski definition) is 3. The first kappa shape index (κ1) is 34.7. The Balaban J connectivity index is 2.47. The van der Waals surface area contributed by atoms with Crippen molar-refractivity contribution >= 4 is 17.9 Å². The number of alkyl carbamates (subject to hydrolysis) is 1. The van der Waals surface area contributed by atoms with Crippen LogP contribution in [-0.4, -0.2) is 52.6 Å². The molecule has 2 aromatic carbocycles. The molecule has 0 aliphatic carbocycles. The van der Waals surface area contributed by atoms with Gasteiger partial charge in [0.1, 0.15) is 23.4 Å². The zero-order valence-electron chi connectivity index (χ0n) is 26.2. The van der Waals surface area contributed by atoms with Crippen LogP contribution in [0.4, 0.5) is 4.79 Å². The van der Waals surface area contributed by atoms with Crippen LogP contribution in [-0.2, 0) is 20.7 Å². The first-order chi connectivity index (χ1) is 20.1. The Morgan fingerprint density at radius 2 is 1.48 bits per heavy atom. The van der Waals surface area contributed by atoms with Gasteiger partial charge in [-0.25, -0.2) is 4.79 Å². The maximum absolute atomic E-state index is 14.5. The Kier molecular flexibility index (Phi) is 14.9. The van der Waals surface area contributed by atoms with Gasteiger partial charge in [0.25, 0.3) is 0 Å². The van der Waals surface area contributed by atoms with E-state index in [9.17, 15) is 19.5 Å². The van der Waals surface area contributed by atoms with Crippen LogP contribution in [0.2, 0.25) is 0 Å². The standard InChI is InChI=1S/C34H51N3O5/c1-6-8-10-11-16-24-37(30(27-17-13-12-14-18-27)31(39)35-23-15-9-7-2)32(40)29(36-33(41)42-34(3,4)5)25-26-19-21-28(38)22-20-26/h12-14,17-22,29-30,38H,6-11,15-16,23-25H2,1-5H3,(H,35,39)(H,36,41). The molecule has 3 amide bonds. The molecule has 0 aliphatic rings. The minimum Gasteiger partial charge on any atom is -0.508 e. The van der Waals surface area contributed by atoms with Crippen molar-refractivity contribution in [2.45, 2.75) is 110 Å². The molecule has 0 saturated carbocycles. The summed E-state index contributed by atoms with van der Waals surface area (Å²) in [6, 6.07) is 14.0. The molecule has 2 aromatic rings. The number of phenolic OH excluding ortho intramolecular Hbond substituents is 1. The maximum Gasteiger partial charge on any atom is 0.408 e. The Morgan fingerprint density at radius 3 is 2.10 bits per heavy atom. The highest BCUT2D eigenvalue weighted by Gasteiger charge is 2.36. The minimum absolute atomic E-state index is 0.110. The lowest BCUT2D eigenvalue weighted by atomic mass is 9.99. The smallest absolute Gasteiger partial charge is 0.408 e. The van der Waals surface area contributed by atoms with Gasteiger partial charge in [-0.05, 0) is 56.9 Å². The average molecular weight is 582 g/mol. The van der Waals surface area contributed by atoms with Crippen molar-refractivity contribution < 1.29 is 24.2 Å². The average Bonchev–Trinajstić information content (AvgIpc) is 2.94. The summed E-state index contributed by atoms with van der Waals surface area (Å²) in [7, 11) is 0. The second-order valence-corrected chi connectivity index (χ2v) is 11.8. The van der Waals surface area contributed by atoms with Crippen LogP contribution in [0.5, 0.6) is 5.75 Å². The van der Waals surface area contributed by atoms with Gasteiger partial charge in [-0.3, -0.25) is 9.59 Å². The molecule has 0 aliphatic heterocycles. The molecule has 2 rings (SSSR count). The second kappa shape index (κ2) is 18.1. The lowest BCUT2D eigenvalue weighted by Crippen LogP contribution is -2.54. The Hall–Kier alpha value is -3.55. The van der Waals surface area contributed by atoms with Gasteiger partial charge in [0.15, 0.2) is 0 Å². The Bertz CT molecular complexity index is 1080. The van der Waals surface area contributed by atoms with E-state index in [1.54, 1.807) is 49.9 Å². The topological polar surface area (TPSA) is 108 Å². The summed E-state index contributed by atoms with van der Waals surface area (Å²) in [6.07, 6.45) is 7.29. The molecule has 8 heteroatoms. The number of carbonyl (C=O) groups excluding carboxylic acids is 3. The van der Waals surface area contributed by atoms with Gasteiger partial charge in [-0.2, -0.15) is 0 Å². The predicted octanol–water partition coefficient (Wildman–Crippen LogP) is 6.67. The molecule has 0 bridgehead atoms. The van der Waals surface area contributed by atoms with Crippen LogP contribution in [0, 0.1) is 0 Å². The quantitative estimate of drug-likeness (QED) is 0.181. The van der Waals surface area contributed by atoms with E-state index in [2.05, 4.69) is 24.5 Å². The van der Waals surface area contributed by atoms with Crippen LogP contribution in [0.3, 0.4) is 0 Å². The highest BCUT2D eigenvalue weighted by molar-refractivity contribution is 5.92. The number of nitrogens with zero attached hydrogens (tertiary/aromatic N) is 1. The zero-order chi connectivity index (χ0) is 31.0. The van der Waals surface area contributed by atoms with E-state index in [0.717, 1.165) is 56.9 Å². The fourth-order valence-electron chi connectivity index (χ4n) is 4.76. The second-order valence-electron chi connectivity index (χ2n) is 11.8. The van der Waals surface area contributed by atoms with E-state index < -0.39 is 23.8 Å². The van der Waals surface area contributed by atoms with E-state index in [4.69, 9.17) is 4.74 Å². The summed E-state index contributed by atoms with van der Waals surface area (Å²) in [5.74, 6) is -0.485. The SMILES string of the molecule is CCCCCCCN(C(=O)C(Cc1ccc(O)cc1)NC(=O)OC(C)(C)C)C(C(=O)NCCCCC)c1ccccc1.